The SMILES string of the molecule is CC(=O)OCCN1C(=O)C(=C2N(C)CCN2C)SC1=S. The Labute approximate surface area is 127 Å². The van der Waals surface area contributed by atoms with Crippen LogP contribution >= 0.6 is 24.0 Å². The summed E-state index contributed by atoms with van der Waals surface area (Å²) < 4.78 is 5.38. The molecule has 8 heteroatoms. The molecular weight excluding hydrogens is 298 g/mol. The Morgan fingerprint density at radius 3 is 2.50 bits per heavy atom. The summed E-state index contributed by atoms with van der Waals surface area (Å²) in [5, 5.41) is 0. The van der Waals surface area contributed by atoms with Gasteiger partial charge in [0.2, 0.25) is 0 Å². The predicted octanol–water partition coefficient (Wildman–Crippen LogP) is 0.456. The molecule has 1 amide bonds. The van der Waals surface area contributed by atoms with Gasteiger partial charge in [-0.3, -0.25) is 14.5 Å². The van der Waals surface area contributed by atoms with Gasteiger partial charge in [0.15, 0.2) is 0 Å². The Kier molecular flexibility index (Phi) is 4.54. The Hall–Kier alpha value is -1.28. The quantitative estimate of drug-likeness (QED) is 0.426. The van der Waals surface area contributed by atoms with Gasteiger partial charge in [-0.25, -0.2) is 0 Å². The van der Waals surface area contributed by atoms with Crippen LogP contribution in [0.4, 0.5) is 0 Å². The van der Waals surface area contributed by atoms with Gasteiger partial charge in [-0.2, -0.15) is 0 Å². The molecule has 2 aliphatic heterocycles. The first-order chi connectivity index (χ1) is 9.41. The molecule has 2 saturated heterocycles. The Balaban J connectivity index is 2.12. The third-order valence-electron chi connectivity index (χ3n) is 3.17. The van der Waals surface area contributed by atoms with E-state index >= 15 is 0 Å². The van der Waals surface area contributed by atoms with Crippen molar-refractivity contribution in [2.24, 2.45) is 0 Å². The number of esters is 1. The molecule has 0 radical (unpaired) electrons. The fraction of sp³-hybridized carbons (Fsp3) is 0.583. The van der Waals surface area contributed by atoms with Crippen LogP contribution in [0.25, 0.3) is 0 Å². The van der Waals surface area contributed by atoms with Crippen LogP contribution in [0.3, 0.4) is 0 Å². The van der Waals surface area contributed by atoms with Crippen LogP contribution in [-0.2, 0) is 14.3 Å². The molecule has 20 heavy (non-hydrogen) atoms. The van der Waals surface area contributed by atoms with E-state index in [2.05, 4.69) is 9.80 Å². The Bertz CT molecular complexity index is 480. The van der Waals surface area contributed by atoms with Crippen LogP contribution in [0.5, 0.6) is 0 Å². The highest BCUT2D eigenvalue weighted by Gasteiger charge is 2.37. The van der Waals surface area contributed by atoms with Crippen molar-refractivity contribution in [3.63, 3.8) is 0 Å². The molecule has 2 fully saturated rings. The standard InChI is InChI=1S/C12H17N3O3S2/c1-8(16)18-7-6-15-11(17)9(20-12(15)19)10-13(2)4-5-14(10)3/h4-7H2,1-3H3. The van der Waals surface area contributed by atoms with Crippen molar-refractivity contribution in [2.45, 2.75) is 6.92 Å². The number of thioether (sulfide) groups is 1. The largest absolute Gasteiger partial charge is 0.464 e. The maximum absolute atomic E-state index is 12.4. The number of hydrogen-bond acceptors (Lipinski definition) is 7. The van der Waals surface area contributed by atoms with Crippen LogP contribution < -0.4 is 0 Å². The van der Waals surface area contributed by atoms with Crippen molar-refractivity contribution >= 4 is 40.2 Å². The van der Waals surface area contributed by atoms with Crippen molar-refractivity contribution in [1.29, 1.82) is 0 Å². The van der Waals surface area contributed by atoms with Gasteiger partial charge in [-0.05, 0) is 0 Å². The number of thiocarbonyl (C=S) groups is 1. The van der Waals surface area contributed by atoms with E-state index in [0.717, 1.165) is 18.9 Å². The zero-order chi connectivity index (χ0) is 14.9. The molecule has 0 aromatic heterocycles. The monoisotopic (exact) mass is 315 g/mol. The number of hydrogen-bond donors (Lipinski definition) is 0. The summed E-state index contributed by atoms with van der Waals surface area (Å²) >= 11 is 6.55. The topological polar surface area (TPSA) is 53.1 Å². The van der Waals surface area contributed by atoms with E-state index in [1.165, 1.54) is 23.6 Å². The third kappa shape index (κ3) is 2.90. The number of rotatable bonds is 3. The molecule has 0 aliphatic carbocycles. The van der Waals surface area contributed by atoms with Crippen LogP contribution in [-0.4, -0.2) is 71.2 Å². The van der Waals surface area contributed by atoms with E-state index in [1.54, 1.807) is 0 Å². The lowest BCUT2D eigenvalue weighted by molar-refractivity contribution is -0.142. The Morgan fingerprint density at radius 2 is 1.95 bits per heavy atom. The zero-order valence-electron chi connectivity index (χ0n) is 11.7. The van der Waals surface area contributed by atoms with Crippen LogP contribution in [0.1, 0.15) is 6.92 Å². The Morgan fingerprint density at radius 1 is 1.35 bits per heavy atom. The second-order valence-electron chi connectivity index (χ2n) is 4.66. The molecule has 2 aliphatic rings. The van der Waals surface area contributed by atoms with Crippen molar-refractivity contribution < 1.29 is 14.3 Å². The average molecular weight is 315 g/mol. The van der Waals surface area contributed by atoms with Gasteiger partial charge in [0.25, 0.3) is 5.91 Å². The van der Waals surface area contributed by atoms with Gasteiger partial charge in [0, 0.05) is 34.1 Å². The predicted molar refractivity (Wildman–Crippen MR) is 80.8 cm³/mol. The maximum atomic E-state index is 12.4. The van der Waals surface area contributed by atoms with Crippen molar-refractivity contribution in [3.05, 3.63) is 10.7 Å². The highest BCUT2D eigenvalue weighted by atomic mass is 32.2. The van der Waals surface area contributed by atoms with Crippen molar-refractivity contribution in [3.8, 4) is 0 Å². The molecule has 0 bridgehead atoms. The molecule has 0 unspecified atom stereocenters. The molecule has 0 aromatic carbocycles. The van der Waals surface area contributed by atoms with E-state index in [4.69, 9.17) is 17.0 Å². The van der Waals surface area contributed by atoms with Gasteiger partial charge in [0.05, 0.1) is 6.54 Å². The number of carbonyl (C=O) groups excluding carboxylic acids is 2. The second-order valence-corrected chi connectivity index (χ2v) is 6.30. The van der Waals surface area contributed by atoms with E-state index in [-0.39, 0.29) is 18.5 Å². The van der Waals surface area contributed by atoms with Crippen LogP contribution in [0.2, 0.25) is 0 Å². The van der Waals surface area contributed by atoms with Crippen LogP contribution in [0, 0.1) is 0 Å². The minimum atomic E-state index is -0.357. The lowest BCUT2D eigenvalue weighted by Gasteiger charge is -2.19. The summed E-state index contributed by atoms with van der Waals surface area (Å²) in [7, 11) is 3.93. The van der Waals surface area contributed by atoms with Crippen LogP contribution in [0.15, 0.2) is 10.7 Å². The first-order valence-corrected chi connectivity index (χ1v) is 7.48. The first-order valence-electron chi connectivity index (χ1n) is 6.25. The van der Waals surface area contributed by atoms with Crippen molar-refractivity contribution in [1.82, 2.24) is 14.7 Å². The molecule has 110 valence electrons. The summed E-state index contributed by atoms with van der Waals surface area (Å²) in [4.78, 5) is 29.4. The van der Waals surface area contributed by atoms with E-state index < -0.39 is 0 Å². The minimum absolute atomic E-state index is 0.109. The minimum Gasteiger partial charge on any atom is -0.464 e. The molecular formula is C12H17N3O3S2. The van der Waals surface area contributed by atoms with Gasteiger partial charge < -0.3 is 14.5 Å². The molecule has 0 N–H and O–H groups in total. The molecule has 0 spiro atoms. The summed E-state index contributed by atoms with van der Waals surface area (Å²) in [6.45, 7) is 3.59. The fourth-order valence-corrected chi connectivity index (χ4v) is 3.64. The van der Waals surface area contributed by atoms with Gasteiger partial charge in [-0.15, -0.1) is 0 Å². The molecule has 2 heterocycles. The number of nitrogens with zero attached hydrogens (tertiary/aromatic N) is 3. The summed E-state index contributed by atoms with van der Waals surface area (Å²) in [5.41, 5.74) is 0. The smallest absolute Gasteiger partial charge is 0.302 e. The number of carbonyl (C=O) groups is 2. The van der Waals surface area contributed by atoms with Gasteiger partial charge in [-0.1, -0.05) is 24.0 Å². The maximum Gasteiger partial charge on any atom is 0.302 e. The highest BCUT2D eigenvalue weighted by Crippen LogP contribution is 2.36. The fourth-order valence-electron chi connectivity index (χ4n) is 2.16. The van der Waals surface area contributed by atoms with Gasteiger partial charge >= 0.3 is 5.97 Å². The van der Waals surface area contributed by atoms with E-state index in [1.807, 2.05) is 14.1 Å². The molecule has 0 aromatic rings. The summed E-state index contributed by atoms with van der Waals surface area (Å²) in [6.07, 6.45) is 0. The summed E-state index contributed by atoms with van der Waals surface area (Å²) in [5.74, 6) is 0.448. The van der Waals surface area contributed by atoms with Crippen molar-refractivity contribution in [2.75, 3.05) is 40.3 Å². The van der Waals surface area contributed by atoms with E-state index in [9.17, 15) is 9.59 Å². The third-order valence-corrected chi connectivity index (χ3v) is 4.59. The first kappa shape index (κ1) is 15.1. The second kappa shape index (κ2) is 6.01. The average Bonchev–Trinajstić information content (AvgIpc) is 2.82. The lowest BCUT2D eigenvalue weighted by Crippen LogP contribution is -2.33. The molecule has 0 atom stereocenters. The lowest BCUT2D eigenvalue weighted by atomic mass is 10.4. The van der Waals surface area contributed by atoms with E-state index in [0.29, 0.717) is 15.8 Å². The zero-order valence-corrected chi connectivity index (χ0v) is 13.3. The molecule has 6 nitrogen and oxygen atoms in total. The summed E-state index contributed by atoms with van der Waals surface area (Å²) in [6, 6.07) is 0. The normalized spacial score (nSPS) is 19.4. The number of likely N-dealkylation sites (N-methyl/N-ethyl adjacent to an activating group) is 2. The highest BCUT2D eigenvalue weighted by molar-refractivity contribution is 8.26. The number of ether oxygens (including phenoxy) is 1. The molecule has 2 rings (SSSR count). The molecule has 0 saturated carbocycles. The van der Waals surface area contributed by atoms with Gasteiger partial charge in [0.1, 0.15) is 21.7 Å². The number of amides is 1.